The van der Waals surface area contributed by atoms with Gasteiger partial charge in [0.15, 0.2) is 0 Å². The summed E-state index contributed by atoms with van der Waals surface area (Å²) in [6, 6.07) is 11.3. The molecule has 0 bridgehead atoms. The van der Waals surface area contributed by atoms with Crippen LogP contribution in [0.4, 0.5) is 11.6 Å². The second-order valence-electron chi connectivity index (χ2n) is 7.14. The number of hydrogen-bond acceptors (Lipinski definition) is 4. The van der Waals surface area contributed by atoms with Gasteiger partial charge in [-0.3, -0.25) is 0 Å². The fraction of sp³-hybridized carbons (Fsp3) is 0.500. The highest BCUT2D eigenvalue weighted by Crippen LogP contribution is 2.39. The number of aromatic nitrogens is 2. The van der Waals surface area contributed by atoms with Gasteiger partial charge in [0.1, 0.15) is 17.5 Å². The van der Waals surface area contributed by atoms with Gasteiger partial charge in [0.05, 0.1) is 0 Å². The molecule has 1 N–H and O–H groups in total. The van der Waals surface area contributed by atoms with Gasteiger partial charge in [-0.05, 0) is 43.7 Å². The van der Waals surface area contributed by atoms with Crippen LogP contribution in [0.15, 0.2) is 30.3 Å². The molecule has 1 aliphatic carbocycles. The van der Waals surface area contributed by atoms with E-state index in [2.05, 4.69) is 54.4 Å². The molecular weight excluding hydrogens is 296 g/mol. The molecule has 1 aliphatic heterocycles. The van der Waals surface area contributed by atoms with E-state index in [9.17, 15) is 0 Å². The summed E-state index contributed by atoms with van der Waals surface area (Å²) < 4.78 is 0. The molecule has 4 rings (SSSR count). The largest absolute Gasteiger partial charge is 0.367 e. The van der Waals surface area contributed by atoms with Crippen LogP contribution in [-0.4, -0.2) is 22.6 Å². The monoisotopic (exact) mass is 322 g/mol. The Labute approximate surface area is 144 Å². The molecule has 0 spiro atoms. The van der Waals surface area contributed by atoms with Crippen molar-refractivity contribution in [1.29, 1.82) is 0 Å². The van der Waals surface area contributed by atoms with Crippen molar-refractivity contribution in [1.82, 2.24) is 9.97 Å². The second kappa shape index (κ2) is 6.42. The van der Waals surface area contributed by atoms with Gasteiger partial charge in [0.2, 0.25) is 0 Å². The highest BCUT2D eigenvalue weighted by molar-refractivity contribution is 5.52. The van der Waals surface area contributed by atoms with Crippen LogP contribution in [0.3, 0.4) is 0 Å². The Morgan fingerprint density at radius 2 is 2.00 bits per heavy atom. The number of rotatable bonds is 5. The van der Waals surface area contributed by atoms with Gasteiger partial charge >= 0.3 is 0 Å². The lowest BCUT2D eigenvalue weighted by Gasteiger charge is -2.30. The minimum Gasteiger partial charge on any atom is -0.367 e. The second-order valence-corrected chi connectivity index (χ2v) is 7.14. The van der Waals surface area contributed by atoms with E-state index in [0.29, 0.717) is 12.0 Å². The van der Waals surface area contributed by atoms with Gasteiger partial charge in [-0.25, -0.2) is 9.97 Å². The van der Waals surface area contributed by atoms with Gasteiger partial charge in [0, 0.05) is 31.1 Å². The zero-order valence-electron chi connectivity index (χ0n) is 14.6. The Kier molecular flexibility index (Phi) is 4.13. The third-order valence-corrected chi connectivity index (χ3v) is 5.13. The van der Waals surface area contributed by atoms with Crippen LogP contribution >= 0.6 is 0 Å². The molecule has 1 atom stereocenters. The molecule has 4 heteroatoms. The predicted molar refractivity (Wildman–Crippen MR) is 98.6 cm³/mol. The van der Waals surface area contributed by atoms with Crippen molar-refractivity contribution < 1.29 is 0 Å². The van der Waals surface area contributed by atoms with Crippen molar-refractivity contribution in [2.24, 2.45) is 0 Å². The first-order valence-electron chi connectivity index (χ1n) is 9.20. The molecule has 0 radical (unpaired) electrons. The Morgan fingerprint density at radius 1 is 1.21 bits per heavy atom. The van der Waals surface area contributed by atoms with Crippen molar-refractivity contribution >= 4 is 11.6 Å². The normalized spacial score (nSPS) is 18.2. The van der Waals surface area contributed by atoms with Crippen LogP contribution in [-0.2, 0) is 13.0 Å². The molecule has 2 aromatic rings. The van der Waals surface area contributed by atoms with Crippen molar-refractivity contribution in [2.75, 3.05) is 16.8 Å². The van der Waals surface area contributed by atoms with Crippen LogP contribution in [0.1, 0.15) is 56.0 Å². The van der Waals surface area contributed by atoms with Gasteiger partial charge in [-0.1, -0.05) is 31.2 Å². The van der Waals surface area contributed by atoms with Crippen LogP contribution < -0.4 is 10.2 Å². The van der Waals surface area contributed by atoms with Gasteiger partial charge in [0.25, 0.3) is 0 Å². The number of anilines is 2. The average molecular weight is 322 g/mol. The summed E-state index contributed by atoms with van der Waals surface area (Å²) in [5.74, 6) is 3.65. The minimum atomic E-state index is 0.432. The van der Waals surface area contributed by atoms with Gasteiger partial charge in [-0.2, -0.15) is 0 Å². The zero-order valence-corrected chi connectivity index (χ0v) is 14.6. The summed E-state index contributed by atoms with van der Waals surface area (Å²) >= 11 is 0. The highest BCUT2D eigenvalue weighted by Gasteiger charge is 2.28. The van der Waals surface area contributed by atoms with E-state index in [1.54, 1.807) is 0 Å². The summed E-state index contributed by atoms with van der Waals surface area (Å²) in [6.07, 6.45) is 4.65. The van der Waals surface area contributed by atoms with E-state index < -0.39 is 0 Å². The number of benzene rings is 1. The van der Waals surface area contributed by atoms with E-state index in [4.69, 9.17) is 9.97 Å². The van der Waals surface area contributed by atoms with E-state index in [0.717, 1.165) is 43.4 Å². The summed E-state index contributed by atoms with van der Waals surface area (Å²) in [4.78, 5) is 12.1. The molecule has 2 heterocycles. The number of nitrogens with zero attached hydrogens (tertiary/aromatic N) is 3. The first kappa shape index (κ1) is 15.4. The van der Waals surface area contributed by atoms with E-state index in [1.807, 2.05) is 0 Å². The summed E-state index contributed by atoms with van der Waals surface area (Å²) in [6.45, 7) is 6.37. The first-order valence-corrected chi connectivity index (χ1v) is 9.20. The lowest BCUT2D eigenvalue weighted by molar-refractivity contribution is 0.711. The molecular formula is C20H26N4. The van der Waals surface area contributed by atoms with Crippen molar-refractivity contribution in [3.63, 3.8) is 0 Å². The molecule has 0 saturated heterocycles. The van der Waals surface area contributed by atoms with Crippen molar-refractivity contribution in [3.05, 3.63) is 47.3 Å². The molecule has 1 saturated carbocycles. The fourth-order valence-electron chi connectivity index (χ4n) is 3.26. The van der Waals surface area contributed by atoms with Crippen LogP contribution in [0.2, 0.25) is 0 Å². The van der Waals surface area contributed by atoms with E-state index in [1.165, 1.54) is 24.0 Å². The molecule has 1 aromatic heterocycles. The maximum Gasteiger partial charge on any atom is 0.136 e. The maximum atomic E-state index is 4.90. The molecule has 2 aliphatic rings. The van der Waals surface area contributed by atoms with Crippen LogP contribution in [0, 0.1) is 0 Å². The molecule has 0 amide bonds. The fourth-order valence-corrected chi connectivity index (χ4v) is 3.26. The minimum absolute atomic E-state index is 0.432. The van der Waals surface area contributed by atoms with Gasteiger partial charge < -0.3 is 10.2 Å². The lowest BCUT2D eigenvalue weighted by Crippen LogP contribution is -2.31. The van der Waals surface area contributed by atoms with Crippen molar-refractivity contribution in [3.8, 4) is 0 Å². The smallest absolute Gasteiger partial charge is 0.136 e. The number of hydrogen-bond donors (Lipinski definition) is 1. The molecule has 24 heavy (non-hydrogen) atoms. The van der Waals surface area contributed by atoms with Gasteiger partial charge in [-0.15, -0.1) is 0 Å². The number of nitrogens with one attached hydrogen (secondary N) is 1. The summed E-state index contributed by atoms with van der Waals surface area (Å²) in [7, 11) is 0. The zero-order chi connectivity index (χ0) is 16.5. The SMILES string of the molecule is CC[C@H](C)Nc1cc(N2CCc3ccccc3C2)nc(C2CC2)n1. The number of fused-ring (bicyclic) bond motifs is 1. The van der Waals surface area contributed by atoms with E-state index >= 15 is 0 Å². The maximum absolute atomic E-state index is 4.90. The predicted octanol–water partition coefficient (Wildman–Crippen LogP) is 4.13. The summed E-state index contributed by atoms with van der Waals surface area (Å²) in [5, 5.41) is 3.54. The lowest BCUT2D eigenvalue weighted by atomic mass is 10.00. The topological polar surface area (TPSA) is 41.0 Å². The van der Waals surface area contributed by atoms with Crippen LogP contribution in [0.5, 0.6) is 0 Å². The molecule has 0 unspecified atom stereocenters. The Balaban J connectivity index is 1.62. The molecule has 4 nitrogen and oxygen atoms in total. The van der Waals surface area contributed by atoms with E-state index in [-0.39, 0.29) is 0 Å². The molecule has 126 valence electrons. The van der Waals surface area contributed by atoms with Crippen LogP contribution in [0.25, 0.3) is 0 Å². The molecule has 1 aromatic carbocycles. The first-order chi connectivity index (χ1) is 11.7. The standard InChI is InChI=1S/C20H26N4/c1-3-14(2)21-18-12-19(23-20(22-18)16-8-9-16)24-11-10-15-6-4-5-7-17(15)13-24/h4-7,12,14,16H,3,8-11,13H2,1-2H3,(H,21,22,23)/t14-/m0/s1. The summed E-state index contributed by atoms with van der Waals surface area (Å²) in [5.41, 5.74) is 2.90. The third kappa shape index (κ3) is 3.23. The third-order valence-electron chi connectivity index (χ3n) is 5.13. The molecule has 1 fully saturated rings. The average Bonchev–Trinajstić information content (AvgIpc) is 3.46. The highest BCUT2D eigenvalue weighted by atomic mass is 15.2. The van der Waals surface area contributed by atoms with Crippen molar-refractivity contribution in [2.45, 2.75) is 58.0 Å². The Bertz CT molecular complexity index is 723. The quantitative estimate of drug-likeness (QED) is 0.899. The Morgan fingerprint density at radius 3 is 2.75 bits per heavy atom. The Hall–Kier alpha value is -2.10.